The molecule has 0 saturated heterocycles. The number of benzene rings is 2. The molecule has 0 bridgehead atoms. The number of aryl methyl sites for hydroxylation is 1. The maximum Gasteiger partial charge on any atom is 0.342 e. The summed E-state index contributed by atoms with van der Waals surface area (Å²) < 4.78 is 8.57. The minimum absolute atomic E-state index is 0.231. The number of fused-ring (bicyclic) bond motifs is 4. The Labute approximate surface area is 163 Å². The summed E-state index contributed by atoms with van der Waals surface area (Å²) in [6.45, 7) is 2.79. The lowest BCUT2D eigenvalue weighted by Crippen LogP contribution is -2.23. The Hall–Kier alpha value is -2.86. The Bertz CT molecular complexity index is 1220. The molecule has 0 amide bonds. The van der Waals surface area contributed by atoms with E-state index >= 15 is 0 Å². The van der Waals surface area contributed by atoms with Crippen molar-refractivity contribution in [1.82, 2.24) is 9.78 Å². The summed E-state index contributed by atoms with van der Waals surface area (Å²) in [5, 5.41) is 8.87. The molecule has 27 heavy (non-hydrogen) atoms. The Balaban J connectivity index is 1.86. The molecule has 1 aliphatic rings. The highest BCUT2D eigenvalue weighted by atomic mass is 79.9. The van der Waals surface area contributed by atoms with E-state index in [1.807, 2.05) is 59.4 Å². The molecule has 5 nitrogen and oxygen atoms in total. The number of hydrogen-bond acceptors (Lipinski definition) is 4. The first kappa shape index (κ1) is 16.3. The third kappa shape index (κ3) is 2.44. The van der Waals surface area contributed by atoms with Crippen molar-refractivity contribution in [3.05, 3.63) is 86.3 Å². The van der Waals surface area contributed by atoms with Gasteiger partial charge in [0.2, 0.25) is 0 Å². The molecular formula is C21H16BrN3O2. The van der Waals surface area contributed by atoms with Gasteiger partial charge in [0, 0.05) is 27.9 Å². The van der Waals surface area contributed by atoms with Crippen LogP contribution in [0.3, 0.4) is 0 Å². The van der Waals surface area contributed by atoms with Crippen molar-refractivity contribution in [2.45, 2.75) is 19.4 Å². The number of aromatic nitrogens is 2. The summed E-state index contributed by atoms with van der Waals surface area (Å²) >= 11 is 3.49. The standard InChI is InChI=1S/C21H16BrN3O2/c1-2-25-20-15(11-23-25)17(12-7-9-13(22)10-8-12)18-19(24-20)14-5-3-4-6-16(14)27-21(18)26/h3-11,17,24H,2H2,1H3. The molecule has 0 radical (unpaired) electrons. The molecule has 0 fully saturated rings. The van der Waals surface area contributed by atoms with Crippen LogP contribution in [-0.2, 0) is 6.54 Å². The predicted octanol–water partition coefficient (Wildman–Crippen LogP) is 5.01. The van der Waals surface area contributed by atoms with Gasteiger partial charge in [0.05, 0.1) is 17.4 Å². The summed E-state index contributed by atoms with van der Waals surface area (Å²) in [5.74, 6) is 0.694. The molecule has 1 unspecified atom stereocenters. The van der Waals surface area contributed by atoms with Gasteiger partial charge in [0.1, 0.15) is 11.4 Å². The summed E-state index contributed by atoms with van der Waals surface area (Å²) in [6, 6.07) is 15.7. The monoisotopic (exact) mass is 421 g/mol. The van der Waals surface area contributed by atoms with Crippen LogP contribution in [0, 0.1) is 0 Å². The van der Waals surface area contributed by atoms with Gasteiger partial charge in [-0.3, -0.25) is 0 Å². The minimum Gasteiger partial charge on any atom is -0.422 e. The van der Waals surface area contributed by atoms with Crippen LogP contribution in [0.15, 0.2) is 68.4 Å². The molecule has 1 aliphatic heterocycles. The summed E-state index contributed by atoms with van der Waals surface area (Å²) in [6.07, 6.45) is 1.84. The molecular weight excluding hydrogens is 406 g/mol. The minimum atomic E-state index is -0.320. The number of halogens is 1. The van der Waals surface area contributed by atoms with Crippen molar-refractivity contribution in [3.63, 3.8) is 0 Å². The number of hydrogen-bond donors (Lipinski definition) is 1. The first-order valence-electron chi connectivity index (χ1n) is 8.81. The zero-order valence-corrected chi connectivity index (χ0v) is 16.2. The Morgan fingerprint density at radius 3 is 2.74 bits per heavy atom. The number of nitrogens with one attached hydrogen (secondary N) is 1. The van der Waals surface area contributed by atoms with Crippen LogP contribution in [0.2, 0.25) is 0 Å². The van der Waals surface area contributed by atoms with Crippen LogP contribution in [0.5, 0.6) is 0 Å². The normalized spacial score (nSPS) is 15.3. The van der Waals surface area contributed by atoms with E-state index < -0.39 is 0 Å². The predicted molar refractivity (Wildman–Crippen MR) is 109 cm³/mol. The van der Waals surface area contributed by atoms with Crippen molar-refractivity contribution in [3.8, 4) is 0 Å². The van der Waals surface area contributed by atoms with Gasteiger partial charge < -0.3 is 9.73 Å². The Morgan fingerprint density at radius 1 is 1.19 bits per heavy atom. The van der Waals surface area contributed by atoms with Crippen LogP contribution in [0.1, 0.15) is 29.5 Å². The van der Waals surface area contributed by atoms with Gasteiger partial charge in [-0.2, -0.15) is 5.10 Å². The first-order chi connectivity index (χ1) is 13.2. The maximum absolute atomic E-state index is 13.0. The molecule has 1 atom stereocenters. The molecule has 1 N–H and O–H groups in total. The molecule has 0 aliphatic carbocycles. The maximum atomic E-state index is 13.0. The zero-order chi connectivity index (χ0) is 18.5. The molecule has 134 valence electrons. The van der Waals surface area contributed by atoms with Crippen molar-refractivity contribution in [2.24, 2.45) is 0 Å². The van der Waals surface area contributed by atoms with E-state index in [0.29, 0.717) is 11.1 Å². The van der Waals surface area contributed by atoms with Crippen LogP contribution in [0.25, 0.3) is 11.0 Å². The van der Waals surface area contributed by atoms with Gasteiger partial charge >= 0.3 is 5.63 Å². The Kier molecular flexibility index (Phi) is 3.68. The van der Waals surface area contributed by atoms with Crippen LogP contribution in [-0.4, -0.2) is 9.78 Å². The van der Waals surface area contributed by atoms with Gasteiger partial charge in [-0.15, -0.1) is 0 Å². The quantitative estimate of drug-likeness (QED) is 0.407. The second-order valence-corrected chi connectivity index (χ2v) is 7.46. The fourth-order valence-corrected chi connectivity index (χ4v) is 4.09. The fraction of sp³-hybridized carbons (Fsp3) is 0.143. The van der Waals surface area contributed by atoms with E-state index in [-0.39, 0.29) is 11.5 Å². The SMILES string of the molecule is CCn1ncc2c1Nc1c(c(=O)oc3ccccc13)C2c1ccc(Br)cc1. The highest BCUT2D eigenvalue weighted by molar-refractivity contribution is 9.10. The molecule has 6 heteroatoms. The van der Waals surface area contributed by atoms with Gasteiger partial charge in [0.25, 0.3) is 0 Å². The largest absolute Gasteiger partial charge is 0.422 e. The Morgan fingerprint density at radius 2 is 1.96 bits per heavy atom. The molecule has 4 aromatic rings. The third-order valence-corrected chi connectivity index (χ3v) is 5.59. The van der Waals surface area contributed by atoms with E-state index in [9.17, 15) is 4.79 Å². The van der Waals surface area contributed by atoms with E-state index in [0.717, 1.165) is 39.0 Å². The van der Waals surface area contributed by atoms with Gasteiger partial charge in [-0.25, -0.2) is 9.48 Å². The summed E-state index contributed by atoms with van der Waals surface area (Å²) in [7, 11) is 0. The molecule has 5 rings (SSSR count). The van der Waals surface area contributed by atoms with Gasteiger partial charge in [-0.05, 0) is 36.8 Å². The van der Waals surface area contributed by atoms with E-state index in [2.05, 4.69) is 33.3 Å². The number of anilines is 2. The van der Waals surface area contributed by atoms with E-state index in [4.69, 9.17) is 4.42 Å². The van der Waals surface area contributed by atoms with Crippen molar-refractivity contribution < 1.29 is 4.42 Å². The fourth-order valence-electron chi connectivity index (χ4n) is 3.82. The number of rotatable bonds is 2. The highest BCUT2D eigenvalue weighted by Crippen LogP contribution is 2.45. The topological polar surface area (TPSA) is 60.1 Å². The van der Waals surface area contributed by atoms with Crippen LogP contribution in [0.4, 0.5) is 11.5 Å². The molecule has 2 aromatic carbocycles. The van der Waals surface area contributed by atoms with E-state index in [1.165, 1.54) is 0 Å². The molecule has 0 saturated carbocycles. The lowest BCUT2D eigenvalue weighted by Gasteiger charge is -2.27. The molecule has 3 heterocycles. The highest BCUT2D eigenvalue weighted by Gasteiger charge is 2.34. The lowest BCUT2D eigenvalue weighted by atomic mass is 9.83. The van der Waals surface area contributed by atoms with Crippen LogP contribution < -0.4 is 10.9 Å². The van der Waals surface area contributed by atoms with E-state index in [1.54, 1.807) is 0 Å². The summed E-state index contributed by atoms with van der Waals surface area (Å²) in [5.41, 5.74) is 3.69. The van der Waals surface area contributed by atoms with Gasteiger partial charge in [0.15, 0.2) is 0 Å². The summed E-state index contributed by atoms with van der Waals surface area (Å²) in [4.78, 5) is 13.0. The van der Waals surface area contributed by atoms with Crippen molar-refractivity contribution in [2.75, 3.05) is 5.32 Å². The molecule has 2 aromatic heterocycles. The van der Waals surface area contributed by atoms with Gasteiger partial charge in [-0.1, -0.05) is 40.2 Å². The average molecular weight is 422 g/mol. The van der Waals surface area contributed by atoms with Crippen molar-refractivity contribution >= 4 is 38.4 Å². The first-order valence-corrected chi connectivity index (χ1v) is 9.60. The third-order valence-electron chi connectivity index (χ3n) is 5.06. The second kappa shape index (κ2) is 6.09. The van der Waals surface area contributed by atoms with Crippen LogP contribution >= 0.6 is 15.9 Å². The number of nitrogens with zero attached hydrogens (tertiary/aromatic N) is 2. The van der Waals surface area contributed by atoms with Crippen molar-refractivity contribution in [1.29, 1.82) is 0 Å². The molecule has 0 spiro atoms. The zero-order valence-electron chi connectivity index (χ0n) is 14.6. The smallest absolute Gasteiger partial charge is 0.342 e. The second-order valence-electron chi connectivity index (χ2n) is 6.55. The lowest BCUT2D eigenvalue weighted by molar-refractivity contribution is 0.548. The average Bonchev–Trinajstić information content (AvgIpc) is 3.10. The number of para-hydroxylation sites is 1.